The number of nitrogens with two attached hydrogens (primary N) is 1. The molecule has 0 aromatic carbocycles. The third-order valence-electron chi connectivity index (χ3n) is 0.417. The molecule has 0 radical (unpaired) electrons. The van der Waals surface area contributed by atoms with Gasteiger partial charge in [-0.2, -0.15) is 0 Å². The molecule has 0 bridgehead atoms. The highest BCUT2D eigenvalue weighted by Gasteiger charge is 1.98. The average molecular weight is 115 g/mol. The molecule has 0 atom stereocenters. The zero-order valence-corrected chi connectivity index (χ0v) is 4.29. The van der Waals surface area contributed by atoms with E-state index in [-0.39, 0.29) is 13.1 Å². The summed E-state index contributed by atoms with van der Waals surface area (Å²) in [7, 11) is 0. The van der Waals surface area contributed by atoms with Crippen LogP contribution in [-0.4, -0.2) is 24.2 Å². The third-order valence-corrected chi connectivity index (χ3v) is 0.417. The lowest BCUT2D eigenvalue weighted by molar-refractivity contribution is -0.134. The highest BCUT2D eigenvalue weighted by atomic mass is 16.4. The maximum absolute atomic E-state index is 9.70. The molecule has 44 valence electrons. The second-order valence-electron chi connectivity index (χ2n) is 1.07. The fourth-order valence-corrected chi connectivity index (χ4v) is 0.188. The molecule has 0 fully saturated rings. The smallest absolute Gasteiger partial charge is 0.389 e. The van der Waals surface area contributed by atoms with Crippen molar-refractivity contribution in [2.45, 2.75) is 0 Å². The van der Waals surface area contributed by atoms with Gasteiger partial charge in [-0.25, -0.2) is 4.79 Å². The van der Waals surface area contributed by atoms with Crippen LogP contribution < -0.4 is 5.73 Å². The Balaban J connectivity index is 3.29. The first-order chi connectivity index (χ1) is 3.77. The van der Waals surface area contributed by atoms with Gasteiger partial charge in [0.15, 0.2) is 0 Å². The summed E-state index contributed by atoms with van der Waals surface area (Å²) in [6, 6.07) is 2.30. The van der Waals surface area contributed by atoms with Crippen LogP contribution in [0.1, 0.15) is 0 Å². The number of hydrogen-bond acceptors (Lipinski definition) is 2. The van der Waals surface area contributed by atoms with Gasteiger partial charge in [-0.05, 0) is 0 Å². The molecular formula is C4H7N2O2+. The molecule has 0 spiro atoms. The molecule has 0 heterocycles. The number of carboxylic acids is 1. The van der Waals surface area contributed by atoms with Crippen LogP contribution in [0, 0.1) is 6.07 Å². The lowest BCUT2D eigenvalue weighted by Gasteiger charge is -1.65. The molecule has 0 unspecified atom stereocenters. The Bertz CT molecular complexity index is 133. The first kappa shape index (κ1) is 6.92. The van der Waals surface area contributed by atoms with Crippen molar-refractivity contribution in [1.29, 1.82) is 0 Å². The topological polar surface area (TPSA) is 67.7 Å². The van der Waals surface area contributed by atoms with Gasteiger partial charge in [0.2, 0.25) is 0 Å². The molecule has 4 nitrogen and oxygen atoms in total. The number of hydrogen-bond donors (Lipinski definition) is 2. The quantitative estimate of drug-likeness (QED) is 0.447. The van der Waals surface area contributed by atoms with Crippen molar-refractivity contribution >= 4 is 5.97 Å². The lowest BCUT2D eigenvalue weighted by Crippen LogP contribution is -1.98. The van der Waals surface area contributed by atoms with Crippen molar-refractivity contribution < 1.29 is 9.90 Å². The number of aliphatic carboxylic acids is 1. The maximum Gasteiger partial charge on any atom is 0.389 e. The van der Waals surface area contributed by atoms with Crippen LogP contribution in [0.2, 0.25) is 0 Å². The van der Waals surface area contributed by atoms with E-state index in [9.17, 15) is 4.79 Å². The van der Waals surface area contributed by atoms with Gasteiger partial charge in [0.1, 0.15) is 6.54 Å². The first-order valence-corrected chi connectivity index (χ1v) is 2.08. The van der Waals surface area contributed by atoms with Crippen LogP contribution in [0.5, 0.6) is 0 Å². The number of nitrogens with zero attached hydrogens (tertiary/aromatic N) is 1. The van der Waals surface area contributed by atoms with Crippen molar-refractivity contribution in [3.05, 3.63) is 4.85 Å². The number of carboxylic acid groups (broad SMARTS) is 1. The molecular weight excluding hydrogens is 108 g/mol. The van der Waals surface area contributed by atoms with E-state index in [0.717, 1.165) is 0 Å². The van der Waals surface area contributed by atoms with Crippen LogP contribution in [0.15, 0.2) is 0 Å². The van der Waals surface area contributed by atoms with Gasteiger partial charge in [-0.3, -0.25) is 0 Å². The highest BCUT2D eigenvalue weighted by Crippen LogP contribution is 1.66. The van der Waals surface area contributed by atoms with E-state index in [1.807, 2.05) is 0 Å². The van der Waals surface area contributed by atoms with Gasteiger partial charge in [-0.15, -0.1) is 0 Å². The second kappa shape index (κ2) is 4.09. The second-order valence-corrected chi connectivity index (χ2v) is 1.07. The summed E-state index contributed by atoms with van der Waals surface area (Å²) < 4.78 is 0. The Morgan fingerprint density at radius 3 is 2.88 bits per heavy atom. The molecule has 8 heavy (non-hydrogen) atoms. The fraction of sp³-hybridized carbons (Fsp3) is 0.500. The van der Waals surface area contributed by atoms with Gasteiger partial charge in [-0.1, -0.05) is 4.85 Å². The van der Waals surface area contributed by atoms with Crippen molar-refractivity contribution in [2.24, 2.45) is 5.73 Å². The molecule has 4 heteroatoms. The van der Waals surface area contributed by atoms with E-state index in [0.29, 0.717) is 0 Å². The van der Waals surface area contributed by atoms with Crippen molar-refractivity contribution in [3.8, 4) is 6.07 Å². The molecule has 0 aromatic heterocycles. The van der Waals surface area contributed by atoms with Crippen LogP contribution in [-0.2, 0) is 4.79 Å². The van der Waals surface area contributed by atoms with Gasteiger partial charge in [0.05, 0.1) is 0 Å². The first-order valence-electron chi connectivity index (χ1n) is 2.08. The van der Waals surface area contributed by atoms with Crippen molar-refractivity contribution in [2.75, 3.05) is 13.1 Å². The minimum Gasteiger partial charge on any atom is -0.476 e. The van der Waals surface area contributed by atoms with Crippen molar-refractivity contribution in [1.82, 2.24) is 0 Å². The minimum atomic E-state index is -0.967. The molecule has 0 saturated heterocycles. The molecule has 0 saturated carbocycles. The van der Waals surface area contributed by atoms with Crippen LogP contribution in [0.3, 0.4) is 0 Å². The summed E-state index contributed by atoms with van der Waals surface area (Å²) in [5.74, 6) is -0.967. The zero-order valence-electron chi connectivity index (χ0n) is 4.29. The summed E-state index contributed by atoms with van der Waals surface area (Å²) >= 11 is 0. The summed E-state index contributed by atoms with van der Waals surface area (Å²) in [4.78, 5) is 13.0. The number of carbonyl (C=O) groups is 1. The van der Waals surface area contributed by atoms with E-state index in [2.05, 4.69) is 10.9 Å². The lowest BCUT2D eigenvalue weighted by atomic mass is 10.7. The molecule has 0 amide bonds. The Labute approximate surface area is 46.7 Å². The highest BCUT2D eigenvalue weighted by molar-refractivity contribution is 5.70. The van der Waals surface area contributed by atoms with Crippen LogP contribution in [0.25, 0.3) is 4.85 Å². The molecule has 0 aliphatic rings. The zero-order chi connectivity index (χ0) is 6.41. The van der Waals surface area contributed by atoms with Crippen LogP contribution in [0.4, 0.5) is 0 Å². The summed E-state index contributed by atoms with van der Waals surface area (Å²) in [6.07, 6.45) is 0. The van der Waals surface area contributed by atoms with Gasteiger partial charge < -0.3 is 10.8 Å². The standard InChI is InChI=1S/C4H6N2O2/c5-1-2-6-3-4(7)8/h1,3,5H2/p+1. The Kier molecular flexibility index (Phi) is 3.54. The molecule has 0 aromatic rings. The van der Waals surface area contributed by atoms with Gasteiger partial charge in [0.25, 0.3) is 6.07 Å². The Morgan fingerprint density at radius 1 is 1.88 bits per heavy atom. The summed E-state index contributed by atoms with van der Waals surface area (Å²) in [6.45, 7) is -0.0650. The molecule has 3 N–H and O–H groups in total. The maximum atomic E-state index is 9.70. The van der Waals surface area contributed by atoms with E-state index in [1.165, 1.54) is 0 Å². The van der Waals surface area contributed by atoms with Crippen LogP contribution >= 0.6 is 0 Å². The Hall–Kier alpha value is -1.08. The normalized spacial score (nSPS) is 7.12. The van der Waals surface area contributed by atoms with Gasteiger partial charge >= 0.3 is 12.5 Å². The summed E-state index contributed by atoms with van der Waals surface area (Å²) in [5, 5.41) is 7.97. The average Bonchev–Trinajstić information content (AvgIpc) is 1.66. The third kappa shape index (κ3) is 4.92. The predicted octanol–water partition coefficient (Wildman–Crippen LogP) is -0.637. The van der Waals surface area contributed by atoms with E-state index in [1.54, 1.807) is 0 Å². The summed E-state index contributed by atoms with van der Waals surface area (Å²) in [5.41, 5.74) is 4.92. The van der Waals surface area contributed by atoms with E-state index in [4.69, 9.17) is 10.8 Å². The SMILES string of the molecule is NCC#[N+]CC(=O)O. The predicted molar refractivity (Wildman–Crippen MR) is 28.8 cm³/mol. The molecule has 0 aliphatic heterocycles. The largest absolute Gasteiger partial charge is 0.476 e. The fourth-order valence-electron chi connectivity index (χ4n) is 0.188. The molecule has 0 rings (SSSR count). The van der Waals surface area contributed by atoms with E-state index >= 15 is 0 Å². The Morgan fingerprint density at radius 2 is 2.50 bits per heavy atom. The van der Waals surface area contributed by atoms with Crippen molar-refractivity contribution in [3.63, 3.8) is 0 Å². The van der Waals surface area contributed by atoms with Gasteiger partial charge in [0, 0.05) is 0 Å². The molecule has 0 aliphatic carbocycles. The minimum absolute atomic E-state index is 0.174. The van der Waals surface area contributed by atoms with E-state index < -0.39 is 5.97 Å². The number of rotatable bonds is 1. The monoisotopic (exact) mass is 115 g/mol.